The highest BCUT2D eigenvalue weighted by molar-refractivity contribution is 5.53. The predicted octanol–water partition coefficient (Wildman–Crippen LogP) is 9.62. The molecule has 1 heterocycles. The molecule has 1 aliphatic heterocycles. The van der Waals surface area contributed by atoms with Crippen LogP contribution in [0.1, 0.15) is 86.5 Å². The highest BCUT2D eigenvalue weighted by Gasteiger charge is 2.32. The molecule has 2 rings (SSSR count). The largest absolute Gasteiger partial charge is 0.513 e. The van der Waals surface area contributed by atoms with Crippen LogP contribution in [-0.2, 0) is 0 Å². The molecule has 1 aromatic rings. The lowest BCUT2D eigenvalue weighted by Crippen LogP contribution is -2.23. The number of halogens is 3. The van der Waals surface area contributed by atoms with E-state index in [1.807, 2.05) is 39.0 Å². The van der Waals surface area contributed by atoms with E-state index in [1.54, 1.807) is 32.1 Å². The van der Waals surface area contributed by atoms with Gasteiger partial charge in [-0.25, -0.2) is 0 Å². The average Bonchev–Trinajstić information content (AvgIpc) is 2.93. The van der Waals surface area contributed by atoms with Gasteiger partial charge >= 0.3 is 6.18 Å². The molecule has 2 nitrogen and oxygen atoms in total. The summed E-state index contributed by atoms with van der Waals surface area (Å²) in [5, 5.41) is 11.5. The Hall–Kier alpha value is -3.21. The lowest BCUT2D eigenvalue weighted by atomic mass is 9.93. The van der Waals surface area contributed by atoms with Gasteiger partial charge in [-0.1, -0.05) is 87.4 Å². The van der Waals surface area contributed by atoms with Gasteiger partial charge in [0.2, 0.25) is 0 Å². The third-order valence-corrected chi connectivity index (χ3v) is 6.84. The van der Waals surface area contributed by atoms with Crippen LogP contribution in [0.5, 0.6) is 0 Å². The van der Waals surface area contributed by atoms with Gasteiger partial charge in [0.15, 0.2) is 0 Å². The summed E-state index contributed by atoms with van der Waals surface area (Å²) in [7, 11) is 2.06. The summed E-state index contributed by atoms with van der Waals surface area (Å²) in [6, 6.07) is 8.20. The van der Waals surface area contributed by atoms with Crippen molar-refractivity contribution in [2.24, 2.45) is 0 Å². The van der Waals surface area contributed by atoms with Crippen molar-refractivity contribution in [1.29, 1.82) is 0 Å². The summed E-state index contributed by atoms with van der Waals surface area (Å²) in [5.41, 5.74) is 3.24. The number of benzene rings is 1. The number of rotatable bonds is 9. The van der Waals surface area contributed by atoms with Gasteiger partial charge in [0, 0.05) is 19.3 Å². The average molecular weight is 570 g/mol. The van der Waals surface area contributed by atoms with Crippen molar-refractivity contribution >= 4 is 12.2 Å². The number of allylic oxidation sites excluding steroid dienone is 12. The maximum absolute atomic E-state index is 13.4. The minimum Gasteiger partial charge on any atom is -0.513 e. The van der Waals surface area contributed by atoms with Gasteiger partial charge in [-0.3, -0.25) is 0 Å². The van der Waals surface area contributed by atoms with E-state index in [4.69, 9.17) is 5.11 Å². The van der Waals surface area contributed by atoms with Gasteiger partial charge in [0.05, 0.1) is 11.3 Å². The Bertz CT molecular complexity index is 1250. The summed E-state index contributed by atoms with van der Waals surface area (Å²) >= 11 is 0. The molecule has 0 aromatic heterocycles. The first kappa shape index (κ1) is 35.8. The van der Waals surface area contributed by atoms with Crippen molar-refractivity contribution in [3.63, 3.8) is 0 Å². The molecule has 5 heteroatoms. The fourth-order valence-electron chi connectivity index (χ4n) is 4.38. The van der Waals surface area contributed by atoms with Crippen molar-refractivity contribution in [2.75, 3.05) is 13.6 Å². The number of aliphatic hydroxyl groups is 1. The molecule has 0 radical (unpaired) electrons. The molecule has 1 fully saturated rings. The zero-order chi connectivity index (χ0) is 30.8. The Morgan fingerprint density at radius 1 is 1.05 bits per heavy atom. The first-order chi connectivity index (χ1) is 19.5. The molecular formula is C36H50F3NO. The van der Waals surface area contributed by atoms with Crippen LogP contribution in [0, 0.1) is 0 Å². The highest BCUT2D eigenvalue weighted by Crippen LogP contribution is 2.32. The van der Waals surface area contributed by atoms with E-state index in [9.17, 15) is 13.2 Å². The van der Waals surface area contributed by atoms with Gasteiger partial charge in [-0.05, 0) is 99.1 Å². The zero-order valence-electron chi connectivity index (χ0n) is 26.1. The molecule has 1 N–H and O–H groups in total. The van der Waals surface area contributed by atoms with E-state index < -0.39 is 11.7 Å². The molecule has 0 unspecified atom stereocenters. The number of hydrogen-bond donors (Lipinski definition) is 1. The third-order valence-electron chi connectivity index (χ3n) is 6.84. The van der Waals surface area contributed by atoms with Crippen molar-refractivity contribution in [3.05, 3.63) is 105 Å². The molecule has 41 heavy (non-hydrogen) atoms. The van der Waals surface area contributed by atoms with Gasteiger partial charge < -0.3 is 10.0 Å². The third kappa shape index (κ3) is 13.3. The van der Waals surface area contributed by atoms with Gasteiger partial charge in [0.1, 0.15) is 0 Å². The van der Waals surface area contributed by atoms with E-state index >= 15 is 0 Å². The van der Waals surface area contributed by atoms with Crippen LogP contribution in [0.3, 0.4) is 0 Å². The molecular weight excluding hydrogens is 519 g/mol. The lowest BCUT2D eigenvalue weighted by Gasteiger charge is -2.28. The van der Waals surface area contributed by atoms with Crippen LogP contribution in [-0.4, -0.2) is 29.8 Å². The van der Waals surface area contributed by atoms with Crippen molar-refractivity contribution in [2.45, 2.75) is 92.7 Å². The summed E-state index contributed by atoms with van der Waals surface area (Å²) in [6.07, 6.45) is 16.4. The fraction of sp³-hybridized carbons (Fsp3) is 0.444. The van der Waals surface area contributed by atoms with Crippen LogP contribution < -0.4 is 10.4 Å². The zero-order valence-corrected chi connectivity index (χ0v) is 26.1. The number of alkyl halides is 3. The Labute approximate surface area is 246 Å². The molecule has 0 aliphatic carbocycles. The summed E-state index contributed by atoms with van der Waals surface area (Å²) in [6.45, 7) is 12.4. The second-order valence-electron chi connectivity index (χ2n) is 10.3. The lowest BCUT2D eigenvalue weighted by molar-refractivity contribution is -0.0884. The van der Waals surface area contributed by atoms with Crippen LogP contribution in [0.15, 0.2) is 94.5 Å². The van der Waals surface area contributed by atoms with Crippen LogP contribution >= 0.6 is 0 Å². The van der Waals surface area contributed by atoms with Gasteiger partial charge in [-0.2, -0.15) is 13.2 Å². The highest BCUT2D eigenvalue weighted by atomic mass is 19.4. The molecule has 226 valence electrons. The van der Waals surface area contributed by atoms with Crippen molar-refractivity contribution in [3.8, 4) is 0 Å². The van der Waals surface area contributed by atoms with Crippen LogP contribution in [0.2, 0.25) is 0 Å². The van der Waals surface area contributed by atoms with Crippen molar-refractivity contribution < 1.29 is 18.3 Å². The standard InChI is InChI=1S/C22H32F3N.C14H18O/c1-6-11-18(15-19(12-7-2)22(23,24)25)21(17(4)8-3)16-20-13-9-10-14-26(20)5;1-3-4-7-13-8-5-6-9-14(13)11-10-12(2)15/h6,11-12,15-16H,7-10,13-14H2,1-5H3;5-11,15H,3-4H2,1-2H3/b11-6-,18-15+,19-12-,20-16-,21-17?;12-10+,13-7+,14-11-. The van der Waals surface area contributed by atoms with E-state index in [2.05, 4.69) is 43.2 Å². The van der Waals surface area contributed by atoms with E-state index in [0.29, 0.717) is 17.8 Å². The quantitative estimate of drug-likeness (QED) is 0.236. The molecule has 1 saturated heterocycles. The maximum Gasteiger partial charge on any atom is 0.416 e. The monoisotopic (exact) mass is 569 g/mol. The first-order valence-electron chi connectivity index (χ1n) is 14.8. The van der Waals surface area contributed by atoms with Crippen LogP contribution in [0.25, 0.3) is 12.2 Å². The van der Waals surface area contributed by atoms with Gasteiger partial charge in [0.25, 0.3) is 0 Å². The van der Waals surface area contributed by atoms with E-state index in [1.165, 1.54) is 23.1 Å². The molecule has 0 amide bonds. The topological polar surface area (TPSA) is 23.5 Å². The normalized spacial score (nSPS) is 18.1. The summed E-state index contributed by atoms with van der Waals surface area (Å²) < 4.78 is 40.2. The number of unbranched alkanes of at least 4 members (excludes halogenated alkanes) is 1. The van der Waals surface area contributed by atoms with Crippen LogP contribution in [0.4, 0.5) is 13.2 Å². The molecule has 0 spiro atoms. The number of nitrogens with zero attached hydrogens (tertiary/aromatic N) is 1. The van der Waals surface area contributed by atoms with Gasteiger partial charge in [-0.15, -0.1) is 0 Å². The number of piperidine rings is 1. The maximum atomic E-state index is 13.4. The number of hydrogen-bond acceptors (Lipinski definition) is 2. The Balaban J connectivity index is 0.000000474. The Morgan fingerprint density at radius 2 is 1.73 bits per heavy atom. The SMILES string of the molecule is CCC\C=c1/cccc/c1=C/C=C(\C)O.C\C=C/C(=C\C(=C\CC)C(F)(F)F)C(/C=C1/CCCCN1C)=C(C)CC. The molecule has 0 atom stereocenters. The summed E-state index contributed by atoms with van der Waals surface area (Å²) in [5.74, 6) is 0.334. The molecule has 1 aromatic carbocycles. The van der Waals surface area contributed by atoms with E-state index in [-0.39, 0.29) is 0 Å². The minimum atomic E-state index is -4.34. The summed E-state index contributed by atoms with van der Waals surface area (Å²) in [4.78, 5) is 2.21. The predicted molar refractivity (Wildman–Crippen MR) is 171 cm³/mol. The molecule has 0 bridgehead atoms. The molecule has 1 aliphatic rings. The number of likely N-dealkylation sites (tertiary alicyclic amines) is 1. The Kier molecular flexibility index (Phi) is 16.6. The van der Waals surface area contributed by atoms with E-state index in [0.717, 1.165) is 61.4 Å². The second-order valence-corrected chi connectivity index (χ2v) is 10.3. The number of aliphatic hydroxyl groups excluding tert-OH is 1. The first-order valence-corrected chi connectivity index (χ1v) is 14.8. The Morgan fingerprint density at radius 3 is 2.27 bits per heavy atom. The minimum absolute atomic E-state index is 0.334. The molecule has 0 saturated carbocycles. The van der Waals surface area contributed by atoms with Crippen molar-refractivity contribution in [1.82, 2.24) is 4.90 Å². The second kappa shape index (κ2) is 19.0. The smallest absolute Gasteiger partial charge is 0.416 e. The fourth-order valence-corrected chi connectivity index (χ4v) is 4.38.